The Balaban J connectivity index is 1.40. The van der Waals surface area contributed by atoms with Gasteiger partial charge in [-0.05, 0) is 19.8 Å². The second kappa shape index (κ2) is 6.33. The molecule has 4 aliphatic rings. The van der Waals surface area contributed by atoms with Crippen LogP contribution in [0.3, 0.4) is 0 Å². The molecule has 10 heteroatoms. The molecule has 3 aromatic rings. The van der Waals surface area contributed by atoms with Crippen LogP contribution in [0.4, 0.5) is 17.3 Å². The Labute approximate surface area is 179 Å². The monoisotopic (exact) mass is 421 g/mol. The zero-order valence-corrected chi connectivity index (χ0v) is 17.6. The Kier molecular flexibility index (Phi) is 3.63. The van der Waals surface area contributed by atoms with Crippen LogP contribution in [0.15, 0.2) is 18.3 Å². The Morgan fingerprint density at radius 3 is 2.74 bits per heavy atom. The van der Waals surface area contributed by atoms with E-state index >= 15 is 0 Å². The molecule has 162 valence electrons. The van der Waals surface area contributed by atoms with E-state index in [1.807, 2.05) is 6.07 Å². The van der Waals surface area contributed by atoms with Gasteiger partial charge in [0.1, 0.15) is 5.82 Å². The number of anilines is 3. The van der Waals surface area contributed by atoms with Crippen LogP contribution in [0.1, 0.15) is 19.8 Å². The fourth-order valence-corrected chi connectivity index (χ4v) is 6.06. The summed E-state index contributed by atoms with van der Waals surface area (Å²) in [5.74, 6) is 2.23. The third kappa shape index (κ3) is 2.48. The summed E-state index contributed by atoms with van der Waals surface area (Å²) in [6, 6.07) is 6.55. The van der Waals surface area contributed by atoms with Gasteiger partial charge in [-0.15, -0.1) is 5.10 Å². The average Bonchev–Trinajstić information content (AvgIpc) is 3.37. The highest BCUT2D eigenvalue weighted by Gasteiger charge is 2.54. The lowest BCUT2D eigenvalue weighted by Crippen LogP contribution is -2.77. The van der Waals surface area contributed by atoms with Crippen LogP contribution in [0, 0.1) is 0 Å². The fraction of sp³-hybridized carbons (Fsp3) is 0.571. The number of nitrogens with zero attached hydrogens (tertiary/aromatic N) is 7. The number of piperazine rings is 1. The molecule has 0 spiro atoms. The molecule has 4 saturated heterocycles. The minimum atomic E-state index is 0.267. The Morgan fingerprint density at radius 1 is 1.19 bits per heavy atom. The molecule has 4 fully saturated rings. The summed E-state index contributed by atoms with van der Waals surface area (Å²) in [5.41, 5.74) is 8.41. The molecule has 0 aliphatic carbocycles. The number of H-pyrrole nitrogens is 1. The van der Waals surface area contributed by atoms with E-state index in [-0.39, 0.29) is 6.04 Å². The predicted octanol–water partition coefficient (Wildman–Crippen LogP) is 0.986. The van der Waals surface area contributed by atoms with Crippen molar-refractivity contribution in [3.63, 3.8) is 0 Å². The van der Waals surface area contributed by atoms with Gasteiger partial charge < -0.3 is 20.3 Å². The number of ether oxygens (including phenoxy) is 1. The SMILES string of the molecule is CC1COCCN1c1cc(N2CC3CC4CC(C2)N43)c2c(N)nn(-c3ccn[nH]3)c2n1. The summed E-state index contributed by atoms with van der Waals surface area (Å²) in [6.45, 7) is 6.52. The maximum Gasteiger partial charge on any atom is 0.171 e. The number of rotatable bonds is 3. The van der Waals surface area contributed by atoms with Crippen molar-refractivity contribution in [2.45, 2.75) is 43.9 Å². The minimum absolute atomic E-state index is 0.267. The summed E-state index contributed by atoms with van der Waals surface area (Å²) >= 11 is 0. The first-order valence-electron chi connectivity index (χ1n) is 11.2. The first-order valence-corrected chi connectivity index (χ1v) is 11.2. The van der Waals surface area contributed by atoms with Crippen LogP contribution in [0.25, 0.3) is 16.9 Å². The van der Waals surface area contributed by atoms with Crippen molar-refractivity contribution in [3.8, 4) is 5.82 Å². The zero-order chi connectivity index (χ0) is 20.7. The summed E-state index contributed by atoms with van der Waals surface area (Å²) in [5, 5.41) is 12.7. The molecule has 3 aromatic heterocycles. The van der Waals surface area contributed by atoms with Crippen LogP contribution in [0.5, 0.6) is 0 Å². The summed E-state index contributed by atoms with van der Waals surface area (Å²) in [4.78, 5) is 12.6. The van der Waals surface area contributed by atoms with Gasteiger partial charge in [-0.25, -0.2) is 4.98 Å². The van der Waals surface area contributed by atoms with Gasteiger partial charge in [0.2, 0.25) is 0 Å². The first kappa shape index (κ1) is 17.8. The molecule has 7 heterocycles. The Hall–Kier alpha value is -2.85. The van der Waals surface area contributed by atoms with Gasteiger partial charge in [-0.3, -0.25) is 10.00 Å². The van der Waals surface area contributed by atoms with Crippen LogP contribution < -0.4 is 15.5 Å². The lowest BCUT2D eigenvalue weighted by Gasteiger charge is -2.66. The first-order chi connectivity index (χ1) is 15.2. The van der Waals surface area contributed by atoms with Gasteiger partial charge in [0.25, 0.3) is 0 Å². The number of morpholine rings is 1. The number of piperidine rings is 1. The second-order valence-corrected chi connectivity index (χ2v) is 9.34. The Bertz CT molecular complexity index is 1130. The van der Waals surface area contributed by atoms with E-state index in [0.717, 1.165) is 54.0 Å². The third-order valence-corrected chi connectivity index (χ3v) is 7.56. The zero-order valence-electron chi connectivity index (χ0n) is 17.6. The van der Waals surface area contributed by atoms with E-state index in [1.54, 1.807) is 10.9 Å². The van der Waals surface area contributed by atoms with Gasteiger partial charge in [0, 0.05) is 49.9 Å². The van der Waals surface area contributed by atoms with Crippen molar-refractivity contribution in [2.24, 2.45) is 0 Å². The van der Waals surface area contributed by atoms with Gasteiger partial charge in [-0.2, -0.15) is 9.78 Å². The molecule has 0 aromatic carbocycles. The van der Waals surface area contributed by atoms with Gasteiger partial charge >= 0.3 is 0 Å². The van der Waals surface area contributed by atoms with Crippen LogP contribution in [-0.4, -0.2) is 86.9 Å². The summed E-state index contributed by atoms with van der Waals surface area (Å²) in [7, 11) is 0. The molecule has 7 rings (SSSR count). The number of nitrogen functional groups attached to an aromatic ring is 1. The normalized spacial score (nSPS) is 30.2. The quantitative estimate of drug-likeness (QED) is 0.645. The van der Waals surface area contributed by atoms with Crippen LogP contribution >= 0.6 is 0 Å². The van der Waals surface area contributed by atoms with Gasteiger partial charge in [0.15, 0.2) is 17.3 Å². The highest BCUT2D eigenvalue weighted by molar-refractivity contribution is 6.00. The number of aromatic nitrogens is 5. The molecule has 3 N–H and O–H groups in total. The van der Waals surface area contributed by atoms with Crippen LogP contribution in [-0.2, 0) is 4.74 Å². The van der Waals surface area contributed by atoms with Crippen molar-refractivity contribution in [3.05, 3.63) is 18.3 Å². The standard InChI is InChI=1S/C21H27N9O/c1-12-11-31-5-4-28(12)18-8-16(27-9-14-6-13-7-15(10-27)29(13)14)19-20(22)26-30(21(19)24-18)17-2-3-23-25-17/h2-3,8,12-15H,4-7,9-11H2,1H3,(H2,22,26)(H,23,25). The third-order valence-electron chi connectivity index (χ3n) is 7.56. The molecule has 10 nitrogen and oxygen atoms in total. The van der Waals surface area contributed by atoms with E-state index in [0.29, 0.717) is 31.1 Å². The van der Waals surface area contributed by atoms with Gasteiger partial charge in [0.05, 0.1) is 36.5 Å². The maximum atomic E-state index is 6.49. The van der Waals surface area contributed by atoms with E-state index in [2.05, 4.69) is 43.0 Å². The molecule has 0 bridgehead atoms. The number of pyridine rings is 1. The lowest BCUT2D eigenvalue weighted by atomic mass is 9.74. The summed E-state index contributed by atoms with van der Waals surface area (Å²) < 4.78 is 7.46. The summed E-state index contributed by atoms with van der Waals surface area (Å²) in [6.07, 6.45) is 4.35. The highest BCUT2D eigenvalue weighted by atomic mass is 16.5. The number of hydrogen-bond acceptors (Lipinski definition) is 8. The number of nitrogens with one attached hydrogen (secondary N) is 1. The molecule has 31 heavy (non-hydrogen) atoms. The molecule has 3 atom stereocenters. The van der Waals surface area contributed by atoms with Crippen molar-refractivity contribution >= 4 is 28.4 Å². The minimum Gasteiger partial charge on any atom is -0.382 e. The molecular weight excluding hydrogens is 394 g/mol. The van der Waals surface area contributed by atoms with Crippen molar-refractivity contribution < 1.29 is 4.74 Å². The molecule has 4 aliphatic heterocycles. The number of hydrogen-bond donors (Lipinski definition) is 2. The van der Waals surface area contributed by atoms with Crippen molar-refractivity contribution in [1.82, 2.24) is 29.9 Å². The van der Waals surface area contributed by atoms with E-state index in [1.165, 1.54) is 12.8 Å². The highest BCUT2D eigenvalue weighted by Crippen LogP contribution is 2.47. The fourth-order valence-electron chi connectivity index (χ4n) is 6.06. The topological polar surface area (TPSA) is 104 Å². The lowest BCUT2D eigenvalue weighted by molar-refractivity contribution is -0.126. The van der Waals surface area contributed by atoms with E-state index in [9.17, 15) is 0 Å². The largest absolute Gasteiger partial charge is 0.382 e. The van der Waals surface area contributed by atoms with Gasteiger partial charge in [-0.1, -0.05) is 0 Å². The smallest absolute Gasteiger partial charge is 0.171 e. The van der Waals surface area contributed by atoms with Crippen LogP contribution in [0.2, 0.25) is 0 Å². The van der Waals surface area contributed by atoms with Crippen molar-refractivity contribution in [1.29, 1.82) is 0 Å². The molecule has 0 radical (unpaired) electrons. The second-order valence-electron chi connectivity index (χ2n) is 9.34. The van der Waals surface area contributed by atoms with E-state index in [4.69, 9.17) is 15.5 Å². The number of fused-ring (bicyclic) bond motifs is 1. The van der Waals surface area contributed by atoms with Crippen molar-refractivity contribution in [2.75, 3.05) is 48.4 Å². The average molecular weight is 422 g/mol. The maximum absolute atomic E-state index is 6.49. The number of aromatic amines is 1. The molecule has 0 amide bonds. The number of nitrogens with two attached hydrogens (primary N) is 1. The predicted molar refractivity (Wildman–Crippen MR) is 118 cm³/mol. The molecule has 0 saturated carbocycles. The van der Waals surface area contributed by atoms with E-state index < -0.39 is 0 Å². The molecule has 3 unspecified atom stereocenters. The molecular formula is C21H27N9O. The Morgan fingerprint density at radius 2 is 2.03 bits per heavy atom.